The van der Waals surface area contributed by atoms with Crippen molar-refractivity contribution in [2.45, 2.75) is 57.4 Å². The lowest BCUT2D eigenvalue weighted by Gasteiger charge is -2.27. The number of likely N-dealkylation sites (tertiary alicyclic amines) is 1. The zero-order valence-electron chi connectivity index (χ0n) is 14.4. The molecule has 24 heavy (non-hydrogen) atoms. The van der Waals surface area contributed by atoms with Crippen LogP contribution in [-0.2, 0) is 14.3 Å². The van der Waals surface area contributed by atoms with Crippen LogP contribution in [-0.4, -0.2) is 51.7 Å². The van der Waals surface area contributed by atoms with Crippen molar-refractivity contribution < 1.29 is 23.5 Å². The molecule has 1 atom stereocenters. The van der Waals surface area contributed by atoms with E-state index in [1.54, 1.807) is 11.8 Å². The molecule has 0 radical (unpaired) electrons. The molecular weight excluding hydrogens is 334 g/mol. The van der Waals surface area contributed by atoms with Gasteiger partial charge in [-0.15, -0.1) is 10.2 Å². The summed E-state index contributed by atoms with van der Waals surface area (Å²) < 4.78 is 15.9. The Bertz CT molecular complexity index is 584. The van der Waals surface area contributed by atoms with Crippen LogP contribution in [0.1, 0.15) is 52.5 Å². The normalized spacial score (nSPS) is 17.8. The quantitative estimate of drug-likeness (QED) is 0.586. The Labute approximate surface area is 145 Å². The maximum absolute atomic E-state index is 12.3. The van der Waals surface area contributed by atoms with Crippen LogP contribution >= 0.6 is 11.8 Å². The zero-order chi connectivity index (χ0) is 17.7. The van der Waals surface area contributed by atoms with Gasteiger partial charge in [-0.2, -0.15) is 0 Å². The predicted molar refractivity (Wildman–Crippen MR) is 86.6 cm³/mol. The van der Waals surface area contributed by atoms with Gasteiger partial charge in [0.25, 0.3) is 5.22 Å². The highest BCUT2D eigenvalue weighted by molar-refractivity contribution is 7.99. The van der Waals surface area contributed by atoms with Gasteiger partial charge in [0, 0.05) is 6.54 Å². The summed E-state index contributed by atoms with van der Waals surface area (Å²) in [6.07, 6.45) is 1.20. The fourth-order valence-electron chi connectivity index (χ4n) is 2.30. The van der Waals surface area contributed by atoms with Crippen molar-refractivity contribution in [3.05, 3.63) is 5.89 Å². The van der Waals surface area contributed by atoms with Gasteiger partial charge in [0.15, 0.2) is 0 Å². The Morgan fingerprint density at radius 3 is 2.79 bits per heavy atom. The zero-order valence-corrected chi connectivity index (χ0v) is 15.2. The van der Waals surface area contributed by atoms with E-state index in [1.807, 2.05) is 20.8 Å². The van der Waals surface area contributed by atoms with Crippen LogP contribution in [0.25, 0.3) is 0 Å². The lowest BCUT2D eigenvalue weighted by Crippen LogP contribution is -2.36. The second kappa shape index (κ2) is 7.87. The van der Waals surface area contributed by atoms with Gasteiger partial charge in [-0.1, -0.05) is 11.8 Å². The van der Waals surface area contributed by atoms with Crippen LogP contribution in [0.5, 0.6) is 0 Å². The van der Waals surface area contributed by atoms with Gasteiger partial charge in [0.1, 0.15) is 17.4 Å². The van der Waals surface area contributed by atoms with E-state index in [2.05, 4.69) is 10.2 Å². The van der Waals surface area contributed by atoms with Crippen LogP contribution < -0.4 is 0 Å². The maximum Gasteiger partial charge on any atom is 0.410 e. The number of hydrogen-bond donors (Lipinski definition) is 0. The third kappa shape index (κ3) is 5.12. The van der Waals surface area contributed by atoms with Gasteiger partial charge in [0.2, 0.25) is 5.89 Å². The van der Waals surface area contributed by atoms with Crippen molar-refractivity contribution in [2.75, 3.05) is 18.9 Å². The van der Waals surface area contributed by atoms with E-state index < -0.39 is 5.60 Å². The molecule has 1 fully saturated rings. The minimum Gasteiger partial charge on any atom is -0.465 e. The number of esters is 1. The molecule has 0 spiro atoms. The molecule has 0 aliphatic carbocycles. The number of rotatable bonds is 5. The number of carbonyl (C=O) groups is 2. The lowest BCUT2D eigenvalue weighted by molar-refractivity contribution is -0.139. The molecule has 1 saturated heterocycles. The van der Waals surface area contributed by atoms with Gasteiger partial charge >= 0.3 is 12.1 Å². The molecule has 1 aromatic heterocycles. The van der Waals surface area contributed by atoms with Crippen molar-refractivity contribution in [3.63, 3.8) is 0 Å². The molecule has 1 amide bonds. The first-order valence-electron chi connectivity index (χ1n) is 7.91. The van der Waals surface area contributed by atoms with Crippen molar-refractivity contribution in [2.24, 2.45) is 0 Å². The molecule has 134 valence electrons. The van der Waals surface area contributed by atoms with Crippen molar-refractivity contribution in [1.29, 1.82) is 0 Å². The van der Waals surface area contributed by atoms with Crippen LogP contribution in [0.3, 0.4) is 0 Å². The highest BCUT2D eigenvalue weighted by Gasteiger charge is 2.36. The molecule has 2 heterocycles. The van der Waals surface area contributed by atoms with E-state index in [9.17, 15) is 9.59 Å². The molecule has 1 aliphatic rings. The number of thioether (sulfide) groups is 1. The fraction of sp³-hybridized carbons (Fsp3) is 0.733. The number of nitrogens with zero attached hydrogens (tertiary/aromatic N) is 3. The van der Waals surface area contributed by atoms with Gasteiger partial charge in [-0.05, 0) is 40.5 Å². The second-order valence-electron chi connectivity index (χ2n) is 6.33. The number of ether oxygens (including phenoxy) is 2. The monoisotopic (exact) mass is 357 g/mol. The van der Waals surface area contributed by atoms with Crippen molar-refractivity contribution in [1.82, 2.24) is 15.1 Å². The summed E-state index contributed by atoms with van der Waals surface area (Å²) in [6, 6.07) is -0.288. The van der Waals surface area contributed by atoms with E-state index in [-0.39, 0.29) is 29.1 Å². The van der Waals surface area contributed by atoms with Crippen LogP contribution in [0.4, 0.5) is 4.79 Å². The molecule has 0 unspecified atom stereocenters. The molecule has 0 bridgehead atoms. The average molecular weight is 357 g/mol. The Balaban J connectivity index is 1.97. The number of aromatic nitrogens is 2. The number of amides is 1. The summed E-state index contributed by atoms with van der Waals surface area (Å²) in [5.74, 6) is 0.138. The molecule has 0 N–H and O–H groups in total. The summed E-state index contributed by atoms with van der Waals surface area (Å²) in [7, 11) is 0. The van der Waals surface area contributed by atoms with Gasteiger partial charge in [-0.25, -0.2) is 4.79 Å². The third-order valence-corrected chi connectivity index (χ3v) is 4.00. The van der Waals surface area contributed by atoms with Crippen molar-refractivity contribution >= 4 is 23.8 Å². The molecule has 0 saturated carbocycles. The van der Waals surface area contributed by atoms with Gasteiger partial charge < -0.3 is 13.9 Å². The van der Waals surface area contributed by atoms with E-state index in [0.29, 0.717) is 19.0 Å². The highest BCUT2D eigenvalue weighted by atomic mass is 32.2. The molecule has 8 nitrogen and oxygen atoms in total. The maximum atomic E-state index is 12.3. The molecule has 1 aliphatic heterocycles. The third-order valence-electron chi connectivity index (χ3n) is 3.21. The lowest BCUT2D eigenvalue weighted by atomic mass is 10.2. The molecular formula is C15H23N3O5S. The summed E-state index contributed by atoms with van der Waals surface area (Å²) >= 11 is 1.12. The van der Waals surface area contributed by atoms with E-state index >= 15 is 0 Å². The Kier molecular flexibility index (Phi) is 6.09. The smallest absolute Gasteiger partial charge is 0.410 e. The standard InChI is InChI=1S/C15H23N3O5S/c1-5-21-11(19)9-24-13-17-16-12(22-13)10-7-6-8-18(10)14(20)23-15(2,3)4/h10H,5-9H2,1-4H3/t10-/m0/s1. The second-order valence-corrected chi connectivity index (χ2v) is 7.26. The Morgan fingerprint density at radius 2 is 2.12 bits per heavy atom. The first kappa shape index (κ1) is 18.6. The average Bonchev–Trinajstić information content (AvgIpc) is 3.12. The number of hydrogen-bond acceptors (Lipinski definition) is 8. The first-order chi connectivity index (χ1) is 11.3. The molecule has 0 aromatic carbocycles. The topological polar surface area (TPSA) is 94.8 Å². The SMILES string of the molecule is CCOC(=O)CSc1nnc([C@@H]2CCCN2C(=O)OC(C)(C)C)o1. The molecule has 1 aromatic rings. The highest BCUT2D eigenvalue weighted by Crippen LogP contribution is 2.33. The summed E-state index contributed by atoms with van der Waals surface area (Å²) in [4.78, 5) is 25.2. The summed E-state index contributed by atoms with van der Waals surface area (Å²) in [5, 5.41) is 8.22. The largest absolute Gasteiger partial charge is 0.465 e. The van der Waals surface area contributed by atoms with E-state index in [1.165, 1.54) is 0 Å². The Hall–Kier alpha value is -1.77. The molecule has 2 rings (SSSR count). The first-order valence-corrected chi connectivity index (χ1v) is 8.90. The van der Waals surface area contributed by atoms with Gasteiger partial charge in [0.05, 0.1) is 6.61 Å². The van der Waals surface area contributed by atoms with Crippen LogP contribution in [0, 0.1) is 0 Å². The van der Waals surface area contributed by atoms with Crippen molar-refractivity contribution in [3.8, 4) is 0 Å². The summed E-state index contributed by atoms with van der Waals surface area (Å²) in [5.41, 5.74) is -0.556. The van der Waals surface area contributed by atoms with Crippen LogP contribution in [0.15, 0.2) is 9.64 Å². The summed E-state index contributed by atoms with van der Waals surface area (Å²) in [6.45, 7) is 8.15. The van der Waals surface area contributed by atoms with E-state index in [0.717, 1.165) is 24.6 Å². The van der Waals surface area contributed by atoms with Crippen LogP contribution in [0.2, 0.25) is 0 Å². The minimum atomic E-state index is -0.556. The molecule has 9 heteroatoms. The van der Waals surface area contributed by atoms with Gasteiger partial charge in [-0.3, -0.25) is 9.69 Å². The number of carbonyl (C=O) groups excluding carboxylic acids is 2. The van der Waals surface area contributed by atoms with E-state index in [4.69, 9.17) is 13.9 Å². The fourth-order valence-corrected chi connectivity index (χ4v) is 2.87. The Morgan fingerprint density at radius 1 is 1.38 bits per heavy atom. The minimum absolute atomic E-state index is 0.107. The predicted octanol–water partition coefficient (Wildman–Crippen LogP) is 2.80.